The van der Waals surface area contributed by atoms with E-state index in [4.69, 9.17) is 25.8 Å². The van der Waals surface area contributed by atoms with Gasteiger partial charge in [-0.25, -0.2) is 0 Å². The van der Waals surface area contributed by atoms with E-state index >= 15 is 0 Å². The van der Waals surface area contributed by atoms with Gasteiger partial charge >= 0.3 is 5.97 Å². The first kappa shape index (κ1) is 18.0. The zero-order valence-electron chi connectivity index (χ0n) is 15.2. The number of benzene rings is 1. The molecule has 0 N–H and O–H groups in total. The van der Waals surface area contributed by atoms with Crippen LogP contribution in [0.15, 0.2) is 28.4 Å². The zero-order chi connectivity index (χ0) is 19.1. The first-order valence-corrected chi connectivity index (χ1v) is 9.46. The molecule has 4 rings (SSSR count). The molecule has 0 saturated carbocycles. The molecule has 6 nitrogen and oxygen atoms in total. The molecule has 2 atom stereocenters. The predicted molar refractivity (Wildman–Crippen MR) is 99.4 cm³/mol. The van der Waals surface area contributed by atoms with Crippen LogP contribution in [0, 0.1) is 5.92 Å². The van der Waals surface area contributed by atoms with E-state index in [1.165, 1.54) is 0 Å². The largest absolute Gasteiger partial charge is 0.465 e. The molecular formula is C20H20ClNO5. The fourth-order valence-electron chi connectivity index (χ4n) is 4.05. The number of aliphatic imine (C=N–C) groups is 1. The molecule has 1 unspecified atom stereocenters. The second kappa shape index (κ2) is 7.00. The third-order valence-corrected chi connectivity index (χ3v) is 5.53. The van der Waals surface area contributed by atoms with Crippen LogP contribution in [0.1, 0.15) is 44.6 Å². The predicted octanol–water partition coefficient (Wildman–Crippen LogP) is 3.81. The SMILES string of the molecule is CCOC(=O)C1C(C)=NC2=C(C(=O)CCC2)[C@@H]1c1cc2c(cc1Cl)OCO2. The molecule has 0 aromatic heterocycles. The molecule has 27 heavy (non-hydrogen) atoms. The quantitative estimate of drug-likeness (QED) is 0.735. The highest BCUT2D eigenvalue weighted by Gasteiger charge is 2.44. The summed E-state index contributed by atoms with van der Waals surface area (Å²) in [5.74, 6) is -0.498. The molecular weight excluding hydrogens is 370 g/mol. The summed E-state index contributed by atoms with van der Waals surface area (Å²) in [6, 6.07) is 3.45. The summed E-state index contributed by atoms with van der Waals surface area (Å²) in [5.41, 5.74) is 2.63. The van der Waals surface area contributed by atoms with Crippen LogP contribution in [0.2, 0.25) is 5.02 Å². The smallest absolute Gasteiger partial charge is 0.315 e. The molecule has 0 spiro atoms. The number of carbonyl (C=O) groups excluding carboxylic acids is 2. The van der Waals surface area contributed by atoms with Gasteiger partial charge in [0.15, 0.2) is 17.3 Å². The highest BCUT2D eigenvalue weighted by atomic mass is 35.5. The highest BCUT2D eigenvalue weighted by Crippen LogP contribution is 2.48. The summed E-state index contributed by atoms with van der Waals surface area (Å²) >= 11 is 6.55. The molecule has 0 fully saturated rings. The van der Waals surface area contributed by atoms with Crippen molar-refractivity contribution in [1.82, 2.24) is 0 Å². The molecule has 2 heterocycles. The Hall–Kier alpha value is -2.34. The molecule has 0 bridgehead atoms. The normalized spacial score (nSPS) is 23.8. The molecule has 1 aliphatic carbocycles. The van der Waals surface area contributed by atoms with E-state index in [-0.39, 0.29) is 19.2 Å². The van der Waals surface area contributed by atoms with E-state index in [1.807, 2.05) is 0 Å². The van der Waals surface area contributed by atoms with Gasteiger partial charge in [0.1, 0.15) is 5.92 Å². The maximum atomic E-state index is 12.8. The monoisotopic (exact) mass is 389 g/mol. The van der Waals surface area contributed by atoms with Crippen LogP contribution >= 0.6 is 11.6 Å². The van der Waals surface area contributed by atoms with Crippen LogP contribution in [0.4, 0.5) is 0 Å². The van der Waals surface area contributed by atoms with Crippen LogP contribution in [0.5, 0.6) is 11.5 Å². The minimum Gasteiger partial charge on any atom is -0.465 e. The van der Waals surface area contributed by atoms with Gasteiger partial charge in [0, 0.05) is 40.4 Å². The van der Waals surface area contributed by atoms with Gasteiger partial charge in [-0.05, 0) is 38.3 Å². The van der Waals surface area contributed by atoms with Crippen molar-refractivity contribution >= 4 is 29.1 Å². The van der Waals surface area contributed by atoms with Gasteiger partial charge in [0.05, 0.1) is 6.61 Å². The van der Waals surface area contributed by atoms with Crippen molar-refractivity contribution in [2.45, 2.75) is 39.0 Å². The minimum absolute atomic E-state index is 0.0144. The lowest BCUT2D eigenvalue weighted by molar-refractivity contribution is -0.146. The number of carbonyl (C=O) groups is 2. The zero-order valence-corrected chi connectivity index (χ0v) is 16.0. The minimum atomic E-state index is -0.691. The van der Waals surface area contributed by atoms with Gasteiger partial charge in [-0.15, -0.1) is 0 Å². The van der Waals surface area contributed by atoms with E-state index in [9.17, 15) is 9.59 Å². The van der Waals surface area contributed by atoms with E-state index in [2.05, 4.69) is 4.99 Å². The Balaban J connectivity index is 1.89. The number of allylic oxidation sites excluding steroid dienone is 2. The van der Waals surface area contributed by atoms with Crippen LogP contribution < -0.4 is 9.47 Å². The van der Waals surface area contributed by atoms with E-state index in [0.29, 0.717) is 46.2 Å². The molecule has 0 saturated heterocycles. The highest BCUT2D eigenvalue weighted by molar-refractivity contribution is 6.32. The Bertz CT molecular complexity index is 889. The molecule has 142 valence electrons. The number of esters is 1. The number of ether oxygens (including phenoxy) is 3. The Kier molecular flexibility index (Phi) is 4.68. The van der Waals surface area contributed by atoms with E-state index < -0.39 is 17.8 Å². The molecule has 7 heteroatoms. The maximum Gasteiger partial charge on any atom is 0.315 e. The molecule has 0 radical (unpaired) electrons. The lowest BCUT2D eigenvalue weighted by Gasteiger charge is -2.34. The van der Waals surface area contributed by atoms with Gasteiger partial charge in [0.2, 0.25) is 6.79 Å². The fraction of sp³-hybridized carbons (Fsp3) is 0.450. The van der Waals surface area contributed by atoms with Crippen LogP contribution in [0.25, 0.3) is 0 Å². The number of Topliss-reactive ketones (excluding diaryl/α,β-unsaturated/α-hetero) is 1. The summed E-state index contributed by atoms with van der Waals surface area (Å²) in [6.45, 7) is 3.93. The average molecular weight is 390 g/mol. The first-order chi connectivity index (χ1) is 13.0. The molecule has 3 aliphatic rings. The number of hydrogen-bond acceptors (Lipinski definition) is 6. The first-order valence-electron chi connectivity index (χ1n) is 9.08. The summed E-state index contributed by atoms with van der Waals surface area (Å²) < 4.78 is 16.2. The van der Waals surface area contributed by atoms with Crippen molar-refractivity contribution in [2.24, 2.45) is 10.9 Å². The topological polar surface area (TPSA) is 74.2 Å². The van der Waals surface area contributed by atoms with E-state index in [1.54, 1.807) is 26.0 Å². The van der Waals surface area contributed by atoms with Crippen molar-refractivity contribution in [1.29, 1.82) is 0 Å². The van der Waals surface area contributed by atoms with Gasteiger partial charge in [-0.3, -0.25) is 14.6 Å². The van der Waals surface area contributed by atoms with Gasteiger partial charge in [0.25, 0.3) is 0 Å². The summed E-state index contributed by atoms with van der Waals surface area (Å²) in [6.07, 6.45) is 1.92. The number of fused-ring (bicyclic) bond motifs is 1. The summed E-state index contributed by atoms with van der Waals surface area (Å²) in [5, 5.41) is 0.429. The molecule has 0 amide bonds. The Morgan fingerprint density at radius 2 is 2.04 bits per heavy atom. The van der Waals surface area contributed by atoms with E-state index in [0.717, 1.165) is 12.1 Å². The third kappa shape index (κ3) is 3.02. The third-order valence-electron chi connectivity index (χ3n) is 5.20. The standard InChI is InChI=1S/C20H20ClNO5/c1-3-25-20(24)17-10(2)22-13-5-4-6-14(23)19(13)18(17)11-7-15-16(8-12(11)21)27-9-26-15/h7-8,17-18H,3-6,9H2,1-2H3/t17?,18-/m1/s1. The van der Waals surface area contributed by atoms with Gasteiger partial charge in [-0.1, -0.05) is 11.6 Å². The van der Waals surface area contributed by atoms with Gasteiger partial charge < -0.3 is 14.2 Å². The Morgan fingerprint density at radius 1 is 1.30 bits per heavy atom. The average Bonchev–Trinajstić information content (AvgIpc) is 3.07. The number of halogens is 1. The van der Waals surface area contributed by atoms with Crippen molar-refractivity contribution < 1.29 is 23.8 Å². The fourth-order valence-corrected chi connectivity index (χ4v) is 4.32. The second-order valence-corrected chi connectivity index (χ2v) is 7.23. The molecule has 1 aromatic rings. The summed E-state index contributed by atoms with van der Waals surface area (Å²) in [7, 11) is 0. The van der Waals surface area contributed by atoms with Crippen LogP contribution in [0.3, 0.4) is 0 Å². The summed E-state index contributed by atoms with van der Waals surface area (Å²) in [4.78, 5) is 30.2. The Labute approximate surface area is 162 Å². The number of ketones is 1. The van der Waals surface area contributed by atoms with Crippen LogP contribution in [-0.4, -0.2) is 30.9 Å². The number of nitrogens with zero attached hydrogens (tertiary/aromatic N) is 1. The maximum absolute atomic E-state index is 12.8. The lowest BCUT2D eigenvalue weighted by Crippen LogP contribution is -2.37. The number of rotatable bonds is 3. The van der Waals surface area contributed by atoms with Crippen molar-refractivity contribution in [3.8, 4) is 11.5 Å². The second-order valence-electron chi connectivity index (χ2n) is 6.82. The van der Waals surface area contributed by atoms with Crippen molar-refractivity contribution in [3.63, 3.8) is 0 Å². The van der Waals surface area contributed by atoms with Crippen molar-refractivity contribution in [3.05, 3.63) is 34.0 Å². The molecule has 1 aromatic carbocycles. The number of hydrogen-bond donors (Lipinski definition) is 0. The van der Waals surface area contributed by atoms with Crippen LogP contribution in [-0.2, 0) is 14.3 Å². The van der Waals surface area contributed by atoms with Gasteiger partial charge in [-0.2, -0.15) is 0 Å². The Morgan fingerprint density at radius 3 is 2.78 bits per heavy atom. The molecule has 2 aliphatic heterocycles. The lowest BCUT2D eigenvalue weighted by atomic mass is 9.71. The van der Waals surface area contributed by atoms with Crippen molar-refractivity contribution in [2.75, 3.05) is 13.4 Å².